The van der Waals surface area contributed by atoms with Crippen LogP contribution in [0.1, 0.15) is 35.4 Å². The van der Waals surface area contributed by atoms with Crippen molar-refractivity contribution in [1.82, 2.24) is 15.1 Å². The Bertz CT molecular complexity index is 629. The minimum Gasteiger partial charge on any atom is -0.394 e. The Labute approximate surface area is 132 Å². The van der Waals surface area contributed by atoms with Gasteiger partial charge in [-0.2, -0.15) is 5.10 Å². The number of rotatable bonds is 7. The fraction of sp³-hybridized carbons (Fsp3) is 0.500. The zero-order valence-corrected chi connectivity index (χ0v) is 13.5. The maximum absolute atomic E-state index is 9.08. The van der Waals surface area contributed by atoms with E-state index in [1.165, 1.54) is 24.0 Å². The van der Waals surface area contributed by atoms with E-state index >= 15 is 0 Å². The molecule has 0 unspecified atom stereocenters. The molecule has 2 N–H and O–H groups in total. The molecule has 0 spiro atoms. The van der Waals surface area contributed by atoms with Gasteiger partial charge in [0.05, 0.1) is 18.8 Å². The molecular weight excluding hydrogens is 274 g/mol. The number of hydrogen-bond donors (Lipinski definition) is 2. The van der Waals surface area contributed by atoms with Crippen molar-refractivity contribution < 1.29 is 5.11 Å². The van der Waals surface area contributed by atoms with Crippen molar-refractivity contribution in [2.75, 3.05) is 13.2 Å². The molecule has 118 valence electrons. The molecule has 0 aliphatic heterocycles. The number of hydrogen-bond acceptors (Lipinski definition) is 3. The third-order valence-corrected chi connectivity index (χ3v) is 4.85. The van der Waals surface area contributed by atoms with Crippen LogP contribution in [0.4, 0.5) is 0 Å². The monoisotopic (exact) mass is 299 g/mol. The number of benzene rings is 1. The summed E-state index contributed by atoms with van der Waals surface area (Å²) in [6.07, 6.45) is 2.54. The second-order valence-electron chi connectivity index (χ2n) is 6.35. The smallest absolute Gasteiger partial charge is 0.0644 e. The third kappa shape index (κ3) is 2.94. The minimum absolute atomic E-state index is 0.131. The molecule has 0 atom stereocenters. The van der Waals surface area contributed by atoms with Gasteiger partial charge in [-0.3, -0.25) is 4.68 Å². The van der Waals surface area contributed by atoms with Gasteiger partial charge in [-0.05, 0) is 32.3 Å². The van der Waals surface area contributed by atoms with Crippen LogP contribution in [0, 0.1) is 13.8 Å². The molecule has 2 aromatic rings. The lowest BCUT2D eigenvalue weighted by atomic mass is 9.96. The lowest BCUT2D eigenvalue weighted by molar-refractivity contribution is 0.267. The van der Waals surface area contributed by atoms with Gasteiger partial charge in [-0.1, -0.05) is 30.3 Å². The summed E-state index contributed by atoms with van der Waals surface area (Å²) in [5, 5.41) is 17.2. The zero-order chi connectivity index (χ0) is 15.6. The van der Waals surface area contributed by atoms with Crippen LogP contribution in [0.15, 0.2) is 30.3 Å². The molecule has 4 nitrogen and oxygen atoms in total. The standard InChI is InChI=1S/C18H25N3O/c1-14-17(15(2)21(20-14)10-11-22)12-19-13-18(8-9-18)16-6-4-3-5-7-16/h3-7,19,22H,8-13H2,1-2H3. The number of aliphatic hydroxyl groups is 1. The fourth-order valence-electron chi connectivity index (χ4n) is 3.24. The summed E-state index contributed by atoms with van der Waals surface area (Å²) in [4.78, 5) is 0. The maximum Gasteiger partial charge on any atom is 0.0644 e. The summed E-state index contributed by atoms with van der Waals surface area (Å²) < 4.78 is 1.90. The Morgan fingerprint density at radius 3 is 2.59 bits per heavy atom. The zero-order valence-electron chi connectivity index (χ0n) is 13.5. The molecule has 1 aromatic carbocycles. The van der Waals surface area contributed by atoms with E-state index < -0.39 is 0 Å². The van der Waals surface area contributed by atoms with Crippen LogP contribution in [0.2, 0.25) is 0 Å². The van der Waals surface area contributed by atoms with Gasteiger partial charge in [-0.25, -0.2) is 0 Å². The molecular formula is C18H25N3O. The topological polar surface area (TPSA) is 50.1 Å². The Balaban J connectivity index is 1.62. The van der Waals surface area contributed by atoms with Crippen LogP contribution in [-0.2, 0) is 18.5 Å². The molecule has 1 fully saturated rings. The Morgan fingerprint density at radius 2 is 1.95 bits per heavy atom. The molecule has 22 heavy (non-hydrogen) atoms. The van der Waals surface area contributed by atoms with Crippen LogP contribution in [0.3, 0.4) is 0 Å². The van der Waals surface area contributed by atoms with Crippen LogP contribution >= 0.6 is 0 Å². The average molecular weight is 299 g/mol. The highest BCUT2D eigenvalue weighted by molar-refractivity contribution is 5.32. The van der Waals surface area contributed by atoms with Crippen molar-refractivity contribution >= 4 is 0 Å². The van der Waals surface area contributed by atoms with Crippen molar-refractivity contribution in [3.8, 4) is 0 Å². The van der Waals surface area contributed by atoms with Crippen molar-refractivity contribution in [1.29, 1.82) is 0 Å². The molecule has 0 amide bonds. The summed E-state index contributed by atoms with van der Waals surface area (Å²) in [6.45, 7) is 6.68. The van der Waals surface area contributed by atoms with E-state index in [9.17, 15) is 0 Å². The van der Waals surface area contributed by atoms with E-state index in [4.69, 9.17) is 5.11 Å². The van der Waals surface area contributed by atoms with Gasteiger partial charge in [0.2, 0.25) is 0 Å². The molecule has 1 aromatic heterocycles. The lowest BCUT2D eigenvalue weighted by Gasteiger charge is -2.16. The molecule has 1 aliphatic rings. The molecule has 0 saturated heterocycles. The maximum atomic E-state index is 9.08. The number of aryl methyl sites for hydroxylation is 1. The molecule has 1 saturated carbocycles. The Hall–Kier alpha value is -1.65. The molecule has 4 heteroatoms. The van der Waals surface area contributed by atoms with Crippen LogP contribution < -0.4 is 5.32 Å². The average Bonchev–Trinajstić information content (AvgIpc) is 3.27. The summed E-state index contributed by atoms with van der Waals surface area (Å²) in [5.41, 5.74) is 5.26. The Morgan fingerprint density at radius 1 is 1.23 bits per heavy atom. The number of aromatic nitrogens is 2. The van der Waals surface area contributed by atoms with Gasteiger partial charge in [0.1, 0.15) is 0 Å². The first kappa shape index (κ1) is 15.3. The van der Waals surface area contributed by atoms with Crippen molar-refractivity contribution in [2.45, 2.75) is 45.2 Å². The third-order valence-electron chi connectivity index (χ3n) is 4.85. The van der Waals surface area contributed by atoms with Crippen LogP contribution in [0.25, 0.3) is 0 Å². The Kier molecular flexibility index (Phi) is 4.32. The number of aliphatic hydroxyl groups excluding tert-OH is 1. The molecule has 1 heterocycles. The largest absolute Gasteiger partial charge is 0.394 e. The molecule has 3 rings (SSSR count). The quantitative estimate of drug-likeness (QED) is 0.825. The van der Waals surface area contributed by atoms with Gasteiger partial charge in [-0.15, -0.1) is 0 Å². The first-order chi connectivity index (χ1) is 10.7. The van der Waals surface area contributed by atoms with Crippen molar-refractivity contribution in [3.05, 3.63) is 52.8 Å². The molecule has 0 bridgehead atoms. The highest BCUT2D eigenvalue weighted by Crippen LogP contribution is 2.47. The van der Waals surface area contributed by atoms with E-state index in [0.717, 1.165) is 24.5 Å². The highest BCUT2D eigenvalue weighted by atomic mass is 16.3. The summed E-state index contributed by atoms with van der Waals surface area (Å²) in [5.74, 6) is 0. The lowest BCUT2D eigenvalue weighted by Crippen LogP contribution is -2.27. The van der Waals surface area contributed by atoms with Gasteiger partial charge < -0.3 is 10.4 Å². The summed E-state index contributed by atoms with van der Waals surface area (Å²) in [7, 11) is 0. The van der Waals surface area contributed by atoms with Crippen LogP contribution in [0.5, 0.6) is 0 Å². The second-order valence-corrected chi connectivity index (χ2v) is 6.35. The first-order valence-electron chi connectivity index (χ1n) is 8.06. The van der Waals surface area contributed by atoms with E-state index in [-0.39, 0.29) is 6.61 Å². The predicted molar refractivity (Wildman–Crippen MR) is 87.8 cm³/mol. The molecule has 0 radical (unpaired) electrons. The van der Waals surface area contributed by atoms with Crippen LogP contribution in [-0.4, -0.2) is 28.0 Å². The van der Waals surface area contributed by atoms with Gasteiger partial charge >= 0.3 is 0 Å². The fourth-order valence-corrected chi connectivity index (χ4v) is 3.24. The summed E-state index contributed by atoms with van der Waals surface area (Å²) >= 11 is 0. The molecule has 1 aliphatic carbocycles. The normalized spacial score (nSPS) is 16.0. The predicted octanol–water partition coefficient (Wildman–Crippen LogP) is 2.31. The van der Waals surface area contributed by atoms with Gasteiger partial charge in [0, 0.05) is 29.8 Å². The SMILES string of the molecule is Cc1nn(CCO)c(C)c1CNCC1(c2ccccc2)CC1. The summed E-state index contributed by atoms with van der Waals surface area (Å²) in [6, 6.07) is 10.8. The second kappa shape index (κ2) is 6.23. The number of nitrogens with one attached hydrogen (secondary N) is 1. The van der Waals surface area contributed by atoms with Crippen molar-refractivity contribution in [2.24, 2.45) is 0 Å². The van der Waals surface area contributed by atoms with Gasteiger partial charge in [0.25, 0.3) is 0 Å². The van der Waals surface area contributed by atoms with E-state index in [1.54, 1.807) is 0 Å². The first-order valence-corrected chi connectivity index (χ1v) is 8.06. The van der Waals surface area contributed by atoms with E-state index in [2.05, 4.69) is 47.7 Å². The van der Waals surface area contributed by atoms with E-state index in [0.29, 0.717) is 12.0 Å². The minimum atomic E-state index is 0.131. The van der Waals surface area contributed by atoms with Crippen molar-refractivity contribution in [3.63, 3.8) is 0 Å². The number of nitrogens with zero attached hydrogens (tertiary/aromatic N) is 2. The highest BCUT2D eigenvalue weighted by Gasteiger charge is 2.43. The van der Waals surface area contributed by atoms with Gasteiger partial charge in [0.15, 0.2) is 0 Å². The van der Waals surface area contributed by atoms with E-state index in [1.807, 2.05) is 11.6 Å².